The Morgan fingerprint density at radius 1 is 1.17 bits per heavy atom. The highest BCUT2D eigenvalue weighted by atomic mass is 35.5. The number of rotatable bonds is 1. The molecule has 0 unspecified atom stereocenters. The number of nitrogens with zero attached hydrogens (tertiary/aromatic N) is 4. The molecular weight excluding hydrogens is 356 g/mol. The molecule has 0 fully saturated rings. The predicted molar refractivity (Wildman–Crippen MR) is 77.6 cm³/mol. The van der Waals surface area contributed by atoms with Gasteiger partial charge in [0.2, 0.25) is 5.69 Å². The van der Waals surface area contributed by atoms with Crippen LogP contribution in [0.3, 0.4) is 0 Å². The van der Waals surface area contributed by atoms with Crippen LogP contribution >= 0.6 is 23.2 Å². The summed E-state index contributed by atoms with van der Waals surface area (Å²) in [6.45, 7) is 1.53. The molecule has 5 nitrogen and oxygen atoms in total. The highest BCUT2D eigenvalue weighted by Crippen LogP contribution is 2.38. The fourth-order valence-corrected chi connectivity index (χ4v) is 2.75. The van der Waals surface area contributed by atoms with Crippen molar-refractivity contribution in [2.75, 3.05) is 0 Å². The second-order valence-corrected chi connectivity index (χ2v) is 5.59. The smallest absolute Gasteiger partial charge is 0.416 e. The first kappa shape index (κ1) is 15.8. The summed E-state index contributed by atoms with van der Waals surface area (Å²) in [5, 5.41) is 18.8. The van der Waals surface area contributed by atoms with E-state index in [9.17, 15) is 18.4 Å². The Morgan fingerprint density at radius 2 is 1.78 bits per heavy atom. The number of aryl methyl sites for hydroxylation is 1. The molecule has 3 aromatic rings. The first-order chi connectivity index (χ1) is 10.7. The van der Waals surface area contributed by atoms with E-state index in [1.165, 1.54) is 23.9 Å². The number of hydrogen-bond donors (Lipinski definition) is 0. The third-order valence-electron chi connectivity index (χ3n) is 3.19. The summed E-state index contributed by atoms with van der Waals surface area (Å²) in [4.78, 5) is 0.421. The Morgan fingerprint density at radius 3 is 2.35 bits per heavy atom. The maximum Gasteiger partial charge on any atom is 0.416 e. The molecule has 0 amide bonds. The van der Waals surface area contributed by atoms with E-state index in [2.05, 4.69) is 10.2 Å². The van der Waals surface area contributed by atoms with Crippen LogP contribution in [-0.2, 0) is 6.18 Å². The van der Waals surface area contributed by atoms with Crippen LogP contribution < -0.4 is 4.85 Å². The zero-order valence-electron chi connectivity index (χ0n) is 11.4. The van der Waals surface area contributed by atoms with Gasteiger partial charge in [-0.2, -0.15) is 18.3 Å². The molecule has 120 valence electrons. The van der Waals surface area contributed by atoms with Crippen molar-refractivity contribution in [2.24, 2.45) is 0 Å². The number of fused-ring (bicyclic) bond motifs is 1. The second-order valence-electron chi connectivity index (χ2n) is 4.77. The molecule has 0 spiro atoms. The molecule has 0 atom stereocenters. The lowest BCUT2D eigenvalue weighted by atomic mass is 10.2. The van der Waals surface area contributed by atoms with E-state index in [4.69, 9.17) is 23.2 Å². The summed E-state index contributed by atoms with van der Waals surface area (Å²) in [6.07, 6.45) is -3.27. The molecule has 3 rings (SSSR count). The monoisotopic (exact) mass is 362 g/mol. The first-order valence-electron chi connectivity index (χ1n) is 6.20. The Balaban J connectivity index is 2.25. The van der Waals surface area contributed by atoms with Crippen LogP contribution in [0.2, 0.25) is 10.0 Å². The van der Waals surface area contributed by atoms with E-state index in [0.29, 0.717) is 16.1 Å². The lowest BCUT2D eigenvalue weighted by molar-refractivity contribution is -0.672. The van der Waals surface area contributed by atoms with Crippen LogP contribution in [0, 0.1) is 12.1 Å². The van der Waals surface area contributed by atoms with Crippen molar-refractivity contribution < 1.29 is 18.0 Å². The van der Waals surface area contributed by atoms with Gasteiger partial charge in [-0.3, -0.25) is 0 Å². The average molecular weight is 363 g/mol. The SMILES string of the molecule is Cc1cc2c(cnn2-c2c(Cl)cc(C(F)(F)F)cc2Cl)n[n+]1[O-]. The average Bonchev–Trinajstić information content (AvgIpc) is 2.80. The Labute approximate surface area is 137 Å². The summed E-state index contributed by atoms with van der Waals surface area (Å²) < 4.78 is 39.6. The van der Waals surface area contributed by atoms with E-state index in [0.717, 1.165) is 12.1 Å². The van der Waals surface area contributed by atoms with Gasteiger partial charge in [-0.05, 0) is 12.1 Å². The second kappa shape index (κ2) is 5.24. The maximum atomic E-state index is 12.8. The van der Waals surface area contributed by atoms with Crippen molar-refractivity contribution in [2.45, 2.75) is 13.1 Å². The lowest BCUT2D eigenvalue weighted by Crippen LogP contribution is -2.34. The summed E-state index contributed by atoms with van der Waals surface area (Å²) in [5.41, 5.74) is 0.0785. The van der Waals surface area contributed by atoms with Crippen molar-refractivity contribution in [1.82, 2.24) is 14.9 Å². The predicted octanol–water partition coefficient (Wildman–Crippen LogP) is 3.69. The fourth-order valence-electron chi connectivity index (χ4n) is 2.10. The Bertz CT molecular complexity index is 900. The molecule has 2 aromatic heterocycles. The van der Waals surface area contributed by atoms with Gasteiger partial charge in [0, 0.05) is 18.1 Å². The summed E-state index contributed by atoms with van der Waals surface area (Å²) >= 11 is 11.9. The van der Waals surface area contributed by atoms with Crippen LogP contribution in [0.5, 0.6) is 0 Å². The topological polar surface area (TPSA) is 57.7 Å². The number of halogens is 5. The van der Waals surface area contributed by atoms with Crippen molar-refractivity contribution in [3.05, 3.63) is 50.9 Å². The van der Waals surface area contributed by atoms with Gasteiger partial charge >= 0.3 is 6.18 Å². The molecule has 0 saturated heterocycles. The number of benzene rings is 1. The maximum absolute atomic E-state index is 12.8. The number of alkyl halides is 3. The molecule has 0 bridgehead atoms. The van der Waals surface area contributed by atoms with Crippen LogP contribution in [0.4, 0.5) is 13.2 Å². The van der Waals surface area contributed by atoms with Gasteiger partial charge in [0.05, 0.1) is 21.8 Å². The third kappa shape index (κ3) is 2.68. The minimum absolute atomic E-state index is 0.0844. The van der Waals surface area contributed by atoms with Gasteiger partial charge in [-0.1, -0.05) is 28.0 Å². The molecule has 0 radical (unpaired) electrons. The Kier molecular flexibility index (Phi) is 3.61. The first-order valence-corrected chi connectivity index (χ1v) is 6.96. The van der Waals surface area contributed by atoms with Gasteiger partial charge in [0.15, 0.2) is 5.52 Å². The highest BCUT2D eigenvalue weighted by Gasteiger charge is 2.32. The molecule has 2 heterocycles. The van der Waals surface area contributed by atoms with Crippen molar-refractivity contribution in [1.29, 1.82) is 0 Å². The molecule has 10 heteroatoms. The van der Waals surface area contributed by atoms with Crippen molar-refractivity contribution >= 4 is 34.2 Å². The number of hydrogen-bond acceptors (Lipinski definition) is 3. The van der Waals surface area contributed by atoms with E-state index >= 15 is 0 Å². The van der Waals surface area contributed by atoms with Gasteiger partial charge in [-0.15, -0.1) is 0 Å². The molecule has 23 heavy (non-hydrogen) atoms. The normalized spacial score (nSPS) is 12.1. The molecule has 0 aliphatic rings. The third-order valence-corrected chi connectivity index (χ3v) is 3.76. The zero-order valence-corrected chi connectivity index (χ0v) is 12.9. The van der Waals surface area contributed by atoms with Crippen LogP contribution in [0.15, 0.2) is 24.4 Å². The minimum Gasteiger partial charge on any atom is -0.594 e. The van der Waals surface area contributed by atoms with E-state index in [-0.39, 0.29) is 21.2 Å². The molecule has 0 aliphatic carbocycles. The summed E-state index contributed by atoms with van der Waals surface area (Å²) in [7, 11) is 0. The minimum atomic E-state index is -4.57. The van der Waals surface area contributed by atoms with Gasteiger partial charge < -0.3 is 5.21 Å². The van der Waals surface area contributed by atoms with Crippen molar-refractivity contribution in [3.63, 3.8) is 0 Å². The molecule has 0 N–H and O–H groups in total. The fraction of sp³-hybridized carbons (Fsp3) is 0.154. The van der Waals surface area contributed by atoms with Gasteiger partial charge in [0.25, 0.3) is 0 Å². The van der Waals surface area contributed by atoms with Gasteiger partial charge in [-0.25, -0.2) is 4.68 Å². The van der Waals surface area contributed by atoms with Crippen LogP contribution in [0.25, 0.3) is 16.7 Å². The largest absolute Gasteiger partial charge is 0.594 e. The van der Waals surface area contributed by atoms with E-state index < -0.39 is 11.7 Å². The van der Waals surface area contributed by atoms with Gasteiger partial charge in [0.1, 0.15) is 11.2 Å². The molecule has 1 aromatic carbocycles. The van der Waals surface area contributed by atoms with Crippen molar-refractivity contribution in [3.8, 4) is 5.69 Å². The summed E-state index contributed by atoms with van der Waals surface area (Å²) in [5.74, 6) is 0. The van der Waals surface area contributed by atoms with E-state index in [1.54, 1.807) is 0 Å². The Hall–Kier alpha value is -2.06. The number of aromatic nitrogens is 4. The van der Waals surface area contributed by atoms with Crippen LogP contribution in [-0.4, -0.2) is 14.9 Å². The standard InChI is InChI=1S/C13H7Cl2F3N4O/c1-6-2-11-10(20-22(6)23)5-19-21(11)12-8(14)3-7(4-9(12)15)13(16,17)18/h2-5H,1H3. The lowest BCUT2D eigenvalue weighted by Gasteiger charge is -2.13. The molecule has 0 aliphatic heterocycles. The quantitative estimate of drug-likeness (QED) is 0.490. The zero-order chi connectivity index (χ0) is 16.9. The van der Waals surface area contributed by atoms with E-state index in [1.807, 2.05) is 0 Å². The highest BCUT2D eigenvalue weighted by molar-refractivity contribution is 6.38. The molecule has 0 saturated carbocycles. The molecular formula is C13H7Cl2F3N4O. The van der Waals surface area contributed by atoms with Crippen LogP contribution in [0.1, 0.15) is 11.3 Å². The summed E-state index contributed by atoms with van der Waals surface area (Å²) in [6, 6.07) is 3.03.